The van der Waals surface area contributed by atoms with E-state index >= 15 is 0 Å². The van der Waals surface area contributed by atoms with E-state index < -0.39 is 11.7 Å². The van der Waals surface area contributed by atoms with Crippen LogP contribution in [0, 0.1) is 5.82 Å². The molecule has 0 spiro atoms. The molecule has 76 valence electrons. The number of hydrogen-bond acceptors (Lipinski definition) is 2. The zero-order chi connectivity index (χ0) is 10.7. The van der Waals surface area contributed by atoms with Gasteiger partial charge < -0.3 is 5.32 Å². The fourth-order valence-corrected chi connectivity index (χ4v) is 1.77. The van der Waals surface area contributed by atoms with Gasteiger partial charge in [0.1, 0.15) is 5.82 Å². The Morgan fingerprint density at radius 1 is 1.27 bits per heavy atom. The first-order chi connectivity index (χ1) is 7.27. The van der Waals surface area contributed by atoms with Crippen LogP contribution in [0.5, 0.6) is 0 Å². The third-order valence-electron chi connectivity index (χ3n) is 1.90. The van der Waals surface area contributed by atoms with Gasteiger partial charge in [0, 0.05) is 5.38 Å². The van der Waals surface area contributed by atoms with Gasteiger partial charge in [-0.25, -0.2) is 4.39 Å². The maximum Gasteiger partial charge on any atom is 0.258 e. The van der Waals surface area contributed by atoms with Crippen LogP contribution >= 0.6 is 11.3 Å². The summed E-state index contributed by atoms with van der Waals surface area (Å²) in [5, 5.41) is 6.25. The molecule has 1 aromatic carbocycles. The molecule has 0 aliphatic rings. The molecule has 1 N–H and O–H groups in total. The summed E-state index contributed by atoms with van der Waals surface area (Å²) in [4.78, 5) is 11.6. The number of carbonyl (C=O) groups excluding carboxylic acids is 1. The van der Waals surface area contributed by atoms with Crippen LogP contribution in [0.4, 0.5) is 10.1 Å². The summed E-state index contributed by atoms with van der Waals surface area (Å²) >= 11 is 1.47. The van der Waals surface area contributed by atoms with Gasteiger partial charge in [0.2, 0.25) is 0 Å². The Labute approximate surface area is 90.4 Å². The molecule has 0 saturated heterocycles. The lowest BCUT2D eigenvalue weighted by Crippen LogP contribution is -2.12. The molecule has 0 saturated carbocycles. The van der Waals surface area contributed by atoms with E-state index in [1.54, 1.807) is 23.6 Å². The van der Waals surface area contributed by atoms with Crippen LogP contribution in [0.3, 0.4) is 0 Å². The van der Waals surface area contributed by atoms with Crippen molar-refractivity contribution in [3.8, 4) is 0 Å². The second kappa shape index (κ2) is 4.23. The first-order valence-corrected chi connectivity index (χ1v) is 5.30. The van der Waals surface area contributed by atoms with Gasteiger partial charge in [-0.2, -0.15) is 11.3 Å². The van der Waals surface area contributed by atoms with E-state index in [0.29, 0.717) is 5.69 Å². The first kappa shape index (κ1) is 9.86. The summed E-state index contributed by atoms with van der Waals surface area (Å²) in [7, 11) is 0. The molecule has 2 nitrogen and oxygen atoms in total. The highest BCUT2D eigenvalue weighted by Crippen LogP contribution is 2.14. The van der Waals surface area contributed by atoms with Crippen LogP contribution in [0.25, 0.3) is 0 Å². The molecule has 0 fully saturated rings. The van der Waals surface area contributed by atoms with Crippen molar-refractivity contribution in [1.29, 1.82) is 0 Å². The van der Waals surface area contributed by atoms with Crippen LogP contribution in [-0.4, -0.2) is 5.91 Å². The van der Waals surface area contributed by atoms with Gasteiger partial charge in [0.25, 0.3) is 5.91 Å². The number of rotatable bonds is 2. The summed E-state index contributed by atoms with van der Waals surface area (Å²) in [6, 6.07) is 7.67. The Hall–Kier alpha value is -1.68. The van der Waals surface area contributed by atoms with Crippen molar-refractivity contribution in [2.24, 2.45) is 0 Å². The third-order valence-corrected chi connectivity index (χ3v) is 2.58. The Bertz CT molecular complexity index is 467. The Kier molecular flexibility index (Phi) is 2.78. The molecule has 0 aliphatic carbocycles. The van der Waals surface area contributed by atoms with Crippen molar-refractivity contribution >= 4 is 22.9 Å². The number of nitrogens with one attached hydrogen (secondary N) is 1. The summed E-state index contributed by atoms with van der Waals surface area (Å²) in [6.45, 7) is 0. The van der Waals surface area contributed by atoms with Crippen LogP contribution in [0.1, 0.15) is 10.4 Å². The zero-order valence-electron chi connectivity index (χ0n) is 7.74. The standard InChI is InChI=1S/C11H8FNOS/c12-10-4-2-1-3-9(10)11(14)13-8-5-6-15-7-8/h1-7H,(H,13,14). The van der Waals surface area contributed by atoms with Gasteiger partial charge >= 0.3 is 0 Å². The molecule has 0 atom stereocenters. The molecule has 1 heterocycles. The van der Waals surface area contributed by atoms with Crippen molar-refractivity contribution in [3.05, 3.63) is 52.5 Å². The van der Waals surface area contributed by atoms with Crippen molar-refractivity contribution in [2.75, 3.05) is 5.32 Å². The number of carbonyl (C=O) groups is 1. The topological polar surface area (TPSA) is 29.1 Å². The average molecular weight is 221 g/mol. The molecule has 15 heavy (non-hydrogen) atoms. The largest absolute Gasteiger partial charge is 0.321 e. The average Bonchev–Trinajstić information content (AvgIpc) is 2.71. The van der Waals surface area contributed by atoms with Crippen molar-refractivity contribution in [3.63, 3.8) is 0 Å². The lowest BCUT2D eigenvalue weighted by molar-refractivity contribution is 0.102. The molecule has 0 unspecified atom stereocenters. The summed E-state index contributed by atoms with van der Waals surface area (Å²) in [6.07, 6.45) is 0. The molecular weight excluding hydrogens is 213 g/mol. The molecule has 0 bridgehead atoms. The summed E-state index contributed by atoms with van der Waals surface area (Å²) in [5.74, 6) is -0.934. The minimum absolute atomic E-state index is 0.0590. The van der Waals surface area contributed by atoms with Gasteiger partial charge in [0.15, 0.2) is 0 Å². The second-order valence-corrected chi connectivity index (χ2v) is 3.73. The van der Waals surface area contributed by atoms with E-state index in [1.165, 1.54) is 23.5 Å². The molecule has 0 radical (unpaired) electrons. The normalized spacial score (nSPS) is 9.93. The molecule has 2 rings (SSSR count). The summed E-state index contributed by atoms with van der Waals surface area (Å²) < 4.78 is 13.2. The smallest absolute Gasteiger partial charge is 0.258 e. The lowest BCUT2D eigenvalue weighted by atomic mass is 10.2. The van der Waals surface area contributed by atoms with Crippen LogP contribution in [0.2, 0.25) is 0 Å². The number of amides is 1. The van der Waals surface area contributed by atoms with Gasteiger partial charge in [0.05, 0.1) is 11.3 Å². The maximum absolute atomic E-state index is 13.2. The van der Waals surface area contributed by atoms with Crippen LogP contribution in [0.15, 0.2) is 41.1 Å². The van der Waals surface area contributed by atoms with Gasteiger partial charge in [-0.1, -0.05) is 12.1 Å². The summed E-state index contributed by atoms with van der Waals surface area (Å²) in [5.41, 5.74) is 0.747. The highest BCUT2D eigenvalue weighted by molar-refractivity contribution is 7.08. The molecule has 4 heteroatoms. The van der Waals surface area contributed by atoms with E-state index in [-0.39, 0.29) is 5.56 Å². The van der Waals surface area contributed by atoms with Gasteiger partial charge in [-0.3, -0.25) is 4.79 Å². The quantitative estimate of drug-likeness (QED) is 0.829. The molecule has 1 aromatic heterocycles. The maximum atomic E-state index is 13.2. The van der Waals surface area contributed by atoms with Crippen molar-refractivity contribution in [1.82, 2.24) is 0 Å². The Morgan fingerprint density at radius 3 is 2.73 bits per heavy atom. The van der Waals surface area contributed by atoms with Crippen molar-refractivity contribution in [2.45, 2.75) is 0 Å². The Morgan fingerprint density at radius 2 is 2.07 bits per heavy atom. The number of hydrogen-bond donors (Lipinski definition) is 1. The van der Waals surface area contributed by atoms with Crippen molar-refractivity contribution < 1.29 is 9.18 Å². The number of thiophene rings is 1. The molecule has 0 aliphatic heterocycles. The van der Waals surface area contributed by atoms with Crippen LogP contribution < -0.4 is 5.32 Å². The minimum Gasteiger partial charge on any atom is -0.321 e. The monoisotopic (exact) mass is 221 g/mol. The fourth-order valence-electron chi connectivity index (χ4n) is 1.18. The van der Waals surface area contributed by atoms with E-state index in [4.69, 9.17) is 0 Å². The number of anilines is 1. The predicted molar refractivity (Wildman–Crippen MR) is 58.7 cm³/mol. The fraction of sp³-hybridized carbons (Fsp3) is 0. The lowest BCUT2D eigenvalue weighted by Gasteiger charge is -2.03. The van der Waals surface area contributed by atoms with Crippen LogP contribution in [-0.2, 0) is 0 Å². The van der Waals surface area contributed by atoms with E-state index in [1.807, 2.05) is 5.38 Å². The minimum atomic E-state index is -0.509. The van der Waals surface area contributed by atoms with Gasteiger partial charge in [-0.15, -0.1) is 0 Å². The highest BCUT2D eigenvalue weighted by Gasteiger charge is 2.10. The molecule has 2 aromatic rings. The number of benzene rings is 1. The SMILES string of the molecule is O=C(Nc1ccsc1)c1ccccc1F. The van der Waals surface area contributed by atoms with Gasteiger partial charge in [-0.05, 0) is 23.6 Å². The Balaban J connectivity index is 2.19. The first-order valence-electron chi connectivity index (χ1n) is 4.35. The van der Waals surface area contributed by atoms with E-state index in [0.717, 1.165) is 0 Å². The molecular formula is C11H8FNOS. The number of halogens is 1. The predicted octanol–water partition coefficient (Wildman–Crippen LogP) is 3.14. The second-order valence-electron chi connectivity index (χ2n) is 2.95. The van der Waals surface area contributed by atoms with E-state index in [9.17, 15) is 9.18 Å². The highest BCUT2D eigenvalue weighted by atomic mass is 32.1. The van der Waals surface area contributed by atoms with E-state index in [2.05, 4.69) is 5.32 Å². The third kappa shape index (κ3) is 2.22. The zero-order valence-corrected chi connectivity index (χ0v) is 8.55. The molecule has 1 amide bonds.